The molecule has 0 aliphatic heterocycles. The average Bonchev–Trinajstić information content (AvgIpc) is 2.21. The summed E-state index contributed by atoms with van der Waals surface area (Å²) in [4.78, 5) is 4.14. The third kappa shape index (κ3) is 2.93. The molecule has 0 aliphatic rings. The van der Waals surface area contributed by atoms with Crippen LogP contribution in [0.15, 0.2) is 17.2 Å². The molecule has 1 heterocycles. The first-order valence-corrected chi connectivity index (χ1v) is 5.56. The number of rotatable bonds is 4. The molecule has 14 heavy (non-hydrogen) atoms. The van der Waals surface area contributed by atoms with Gasteiger partial charge in [-0.15, -0.1) is 11.8 Å². The van der Waals surface area contributed by atoms with Crippen LogP contribution in [0.2, 0.25) is 0 Å². The molecule has 0 aromatic carbocycles. The number of anilines is 1. The second-order valence-corrected chi connectivity index (χ2v) is 4.02. The maximum Gasteiger partial charge on any atom is 0.164 e. The molecule has 1 aromatic rings. The van der Waals surface area contributed by atoms with Crippen LogP contribution in [0.4, 0.5) is 5.69 Å². The van der Waals surface area contributed by atoms with E-state index < -0.39 is 0 Å². The summed E-state index contributed by atoms with van der Waals surface area (Å²) >= 11 is 1.67. The number of thioether (sulfide) groups is 1. The van der Waals surface area contributed by atoms with Crippen LogP contribution in [-0.2, 0) is 0 Å². The number of nitrogens with two attached hydrogens (primary N) is 1. The predicted octanol–water partition coefficient (Wildman–Crippen LogP) is 2.43. The third-order valence-electron chi connectivity index (χ3n) is 1.75. The Balaban J connectivity index is 2.66. The SMILES string of the molecule is CCCCSc1ccc(N)c(C#N)n1. The van der Waals surface area contributed by atoms with Gasteiger partial charge in [-0.25, -0.2) is 4.98 Å². The van der Waals surface area contributed by atoms with Gasteiger partial charge in [-0.1, -0.05) is 13.3 Å². The van der Waals surface area contributed by atoms with E-state index in [1.165, 1.54) is 12.8 Å². The average molecular weight is 207 g/mol. The minimum absolute atomic E-state index is 0.325. The summed E-state index contributed by atoms with van der Waals surface area (Å²) < 4.78 is 0. The molecule has 0 amide bonds. The highest BCUT2D eigenvalue weighted by Crippen LogP contribution is 2.19. The largest absolute Gasteiger partial charge is 0.396 e. The van der Waals surface area contributed by atoms with E-state index in [1.54, 1.807) is 17.8 Å². The molecule has 3 nitrogen and oxygen atoms in total. The van der Waals surface area contributed by atoms with Crippen LogP contribution in [0.25, 0.3) is 0 Å². The Labute approximate surface area is 88.3 Å². The fourth-order valence-electron chi connectivity index (χ4n) is 0.943. The zero-order chi connectivity index (χ0) is 10.4. The van der Waals surface area contributed by atoms with Crippen molar-refractivity contribution in [2.45, 2.75) is 24.8 Å². The molecule has 0 saturated carbocycles. The van der Waals surface area contributed by atoms with Gasteiger partial charge < -0.3 is 5.73 Å². The lowest BCUT2D eigenvalue weighted by Crippen LogP contribution is -1.94. The summed E-state index contributed by atoms with van der Waals surface area (Å²) in [7, 11) is 0. The molecule has 0 fully saturated rings. The molecule has 0 bridgehead atoms. The molecule has 0 atom stereocenters. The van der Waals surface area contributed by atoms with E-state index in [0.717, 1.165) is 10.8 Å². The molecular formula is C10H13N3S. The molecule has 1 aromatic heterocycles. The minimum Gasteiger partial charge on any atom is -0.396 e. The number of pyridine rings is 1. The summed E-state index contributed by atoms with van der Waals surface area (Å²) in [5.74, 6) is 1.04. The fourth-order valence-corrected chi connectivity index (χ4v) is 1.91. The molecule has 4 heteroatoms. The Bertz CT molecular complexity index is 344. The molecule has 1 rings (SSSR count). The third-order valence-corrected chi connectivity index (χ3v) is 2.77. The van der Waals surface area contributed by atoms with Crippen LogP contribution < -0.4 is 5.73 Å². The molecule has 0 radical (unpaired) electrons. The highest BCUT2D eigenvalue weighted by atomic mass is 32.2. The summed E-state index contributed by atoms with van der Waals surface area (Å²) in [6, 6.07) is 5.57. The first-order chi connectivity index (χ1) is 6.77. The maximum atomic E-state index is 8.71. The van der Waals surface area contributed by atoms with Gasteiger partial charge in [-0.2, -0.15) is 5.26 Å². The molecule has 0 unspecified atom stereocenters. The number of hydrogen-bond donors (Lipinski definition) is 1. The maximum absolute atomic E-state index is 8.71. The van der Waals surface area contributed by atoms with Crippen molar-refractivity contribution in [3.8, 4) is 6.07 Å². The van der Waals surface area contributed by atoms with Crippen LogP contribution in [0.5, 0.6) is 0 Å². The normalized spacial score (nSPS) is 9.71. The number of nitriles is 1. The van der Waals surface area contributed by atoms with Crippen molar-refractivity contribution in [2.24, 2.45) is 0 Å². The Kier molecular flexibility index (Phi) is 4.27. The fraction of sp³-hybridized carbons (Fsp3) is 0.400. The van der Waals surface area contributed by atoms with E-state index in [4.69, 9.17) is 11.0 Å². The highest BCUT2D eigenvalue weighted by Gasteiger charge is 2.01. The Morgan fingerprint density at radius 2 is 2.36 bits per heavy atom. The van der Waals surface area contributed by atoms with Gasteiger partial charge in [0.25, 0.3) is 0 Å². The second-order valence-electron chi connectivity index (χ2n) is 2.90. The highest BCUT2D eigenvalue weighted by molar-refractivity contribution is 7.99. The number of aromatic nitrogens is 1. The van der Waals surface area contributed by atoms with E-state index in [9.17, 15) is 0 Å². The van der Waals surface area contributed by atoms with E-state index in [-0.39, 0.29) is 0 Å². The topological polar surface area (TPSA) is 62.7 Å². The van der Waals surface area contributed by atoms with Crippen molar-refractivity contribution in [3.05, 3.63) is 17.8 Å². The van der Waals surface area contributed by atoms with Gasteiger partial charge in [0.1, 0.15) is 6.07 Å². The van der Waals surface area contributed by atoms with Crippen molar-refractivity contribution in [2.75, 3.05) is 11.5 Å². The van der Waals surface area contributed by atoms with Crippen LogP contribution >= 0.6 is 11.8 Å². The van der Waals surface area contributed by atoms with Crippen molar-refractivity contribution in [1.82, 2.24) is 4.98 Å². The number of hydrogen-bond acceptors (Lipinski definition) is 4. The number of unbranched alkanes of at least 4 members (excludes halogenated alkanes) is 1. The first-order valence-electron chi connectivity index (χ1n) is 4.57. The lowest BCUT2D eigenvalue weighted by atomic mass is 10.3. The molecule has 74 valence electrons. The number of nitrogens with zero attached hydrogens (tertiary/aromatic N) is 2. The van der Waals surface area contributed by atoms with Gasteiger partial charge in [0, 0.05) is 0 Å². The zero-order valence-corrected chi connectivity index (χ0v) is 8.97. The molecule has 0 spiro atoms. The zero-order valence-electron chi connectivity index (χ0n) is 8.16. The monoisotopic (exact) mass is 207 g/mol. The van der Waals surface area contributed by atoms with Crippen LogP contribution in [0, 0.1) is 11.3 Å². The van der Waals surface area contributed by atoms with E-state index in [0.29, 0.717) is 11.4 Å². The molecule has 0 saturated heterocycles. The first kappa shape index (κ1) is 10.9. The summed E-state index contributed by atoms with van der Waals surface area (Å²) in [5.41, 5.74) is 6.34. The smallest absolute Gasteiger partial charge is 0.164 e. The lowest BCUT2D eigenvalue weighted by Gasteiger charge is -2.01. The van der Waals surface area contributed by atoms with Crippen molar-refractivity contribution in [1.29, 1.82) is 5.26 Å². The quantitative estimate of drug-likeness (QED) is 0.608. The molecule has 0 aliphatic carbocycles. The standard InChI is InChI=1S/C10H13N3S/c1-2-3-6-14-10-5-4-8(12)9(7-11)13-10/h4-5H,2-3,6,12H2,1H3. The van der Waals surface area contributed by atoms with E-state index in [2.05, 4.69) is 11.9 Å². The van der Waals surface area contributed by atoms with Gasteiger partial charge in [0.05, 0.1) is 10.7 Å². The van der Waals surface area contributed by atoms with Crippen LogP contribution in [0.3, 0.4) is 0 Å². The second kappa shape index (κ2) is 5.51. The van der Waals surface area contributed by atoms with Gasteiger partial charge in [0.15, 0.2) is 5.69 Å². The van der Waals surface area contributed by atoms with Crippen LogP contribution in [-0.4, -0.2) is 10.7 Å². The molecular weight excluding hydrogens is 194 g/mol. The van der Waals surface area contributed by atoms with Gasteiger partial charge in [-0.05, 0) is 24.3 Å². The van der Waals surface area contributed by atoms with Crippen molar-refractivity contribution < 1.29 is 0 Å². The summed E-state index contributed by atoms with van der Waals surface area (Å²) in [6.07, 6.45) is 2.34. The molecule has 2 N–H and O–H groups in total. The Morgan fingerprint density at radius 3 is 3.00 bits per heavy atom. The van der Waals surface area contributed by atoms with Crippen molar-refractivity contribution >= 4 is 17.4 Å². The van der Waals surface area contributed by atoms with Crippen LogP contribution in [0.1, 0.15) is 25.5 Å². The minimum atomic E-state index is 0.325. The Morgan fingerprint density at radius 1 is 1.57 bits per heavy atom. The summed E-state index contributed by atoms with van der Waals surface area (Å²) in [6.45, 7) is 2.15. The Hall–Kier alpha value is -1.21. The van der Waals surface area contributed by atoms with Gasteiger partial charge in [0.2, 0.25) is 0 Å². The van der Waals surface area contributed by atoms with Gasteiger partial charge >= 0.3 is 0 Å². The number of nitrogen functional groups attached to an aromatic ring is 1. The predicted molar refractivity (Wildman–Crippen MR) is 59.0 cm³/mol. The summed E-state index contributed by atoms with van der Waals surface area (Å²) in [5, 5.41) is 9.59. The lowest BCUT2D eigenvalue weighted by molar-refractivity contribution is 0.894. The van der Waals surface area contributed by atoms with E-state index >= 15 is 0 Å². The van der Waals surface area contributed by atoms with Gasteiger partial charge in [-0.3, -0.25) is 0 Å². The van der Waals surface area contributed by atoms with Crippen molar-refractivity contribution in [3.63, 3.8) is 0 Å². The van der Waals surface area contributed by atoms with E-state index in [1.807, 2.05) is 12.1 Å².